The number of halogens is 2. The topological polar surface area (TPSA) is 12.9 Å². The fourth-order valence-electron chi connectivity index (χ4n) is 1.61. The molecule has 0 spiro atoms. The van der Waals surface area contributed by atoms with Crippen LogP contribution in [-0.4, -0.2) is 4.98 Å². The number of benzene rings is 1. The van der Waals surface area contributed by atoms with E-state index in [2.05, 4.69) is 4.98 Å². The highest BCUT2D eigenvalue weighted by Gasteiger charge is 2.26. The van der Waals surface area contributed by atoms with Gasteiger partial charge < -0.3 is 0 Å². The van der Waals surface area contributed by atoms with Crippen LogP contribution >= 0.6 is 11.3 Å². The van der Waals surface area contributed by atoms with Gasteiger partial charge in [0, 0.05) is 16.9 Å². The van der Waals surface area contributed by atoms with E-state index in [1.54, 1.807) is 6.07 Å². The van der Waals surface area contributed by atoms with Gasteiger partial charge in [-0.05, 0) is 31.0 Å². The molecular formula is C12H9F2NS. The molecule has 1 aliphatic rings. The second kappa shape index (κ2) is 3.63. The average Bonchev–Trinajstić information content (AvgIpc) is 3.01. The summed E-state index contributed by atoms with van der Waals surface area (Å²) in [5.41, 5.74) is 1.74. The summed E-state index contributed by atoms with van der Waals surface area (Å²) in [6, 6.07) is 3.90. The molecule has 4 heteroatoms. The van der Waals surface area contributed by atoms with Gasteiger partial charge in [0.1, 0.15) is 5.01 Å². The third kappa shape index (κ3) is 1.73. The van der Waals surface area contributed by atoms with Crippen molar-refractivity contribution in [2.75, 3.05) is 0 Å². The lowest BCUT2D eigenvalue weighted by atomic mass is 10.2. The first kappa shape index (κ1) is 9.90. The number of aromatic nitrogens is 1. The Bertz CT molecular complexity index is 532. The van der Waals surface area contributed by atoms with Crippen molar-refractivity contribution in [3.05, 3.63) is 40.9 Å². The minimum atomic E-state index is -0.819. The van der Waals surface area contributed by atoms with Gasteiger partial charge in [0.25, 0.3) is 0 Å². The lowest BCUT2D eigenvalue weighted by Gasteiger charge is -1.97. The first-order valence-corrected chi connectivity index (χ1v) is 6.03. The van der Waals surface area contributed by atoms with Crippen LogP contribution in [-0.2, 0) is 0 Å². The number of hydrogen-bond donors (Lipinski definition) is 0. The van der Waals surface area contributed by atoms with E-state index in [1.165, 1.54) is 30.2 Å². The SMILES string of the molecule is Fc1ccc(-c2nc(C3CC3)cs2)cc1F. The lowest BCUT2D eigenvalue weighted by molar-refractivity contribution is 0.509. The molecule has 1 saturated carbocycles. The second-order valence-corrected chi connectivity index (χ2v) is 4.84. The van der Waals surface area contributed by atoms with E-state index < -0.39 is 11.6 Å². The minimum Gasteiger partial charge on any atom is -0.241 e. The van der Waals surface area contributed by atoms with Crippen molar-refractivity contribution >= 4 is 11.3 Å². The highest BCUT2D eigenvalue weighted by atomic mass is 32.1. The number of rotatable bonds is 2. The van der Waals surface area contributed by atoms with E-state index in [-0.39, 0.29) is 0 Å². The Morgan fingerprint density at radius 2 is 2.00 bits per heavy atom. The van der Waals surface area contributed by atoms with Crippen molar-refractivity contribution in [3.63, 3.8) is 0 Å². The van der Waals surface area contributed by atoms with Gasteiger partial charge in [0.15, 0.2) is 11.6 Å². The van der Waals surface area contributed by atoms with Gasteiger partial charge in [-0.15, -0.1) is 11.3 Å². The van der Waals surface area contributed by atoms with Gasteiger partial charge in [-0.25, -0.2) is 13.8 Å². The normalized spacial score (nSPS) is 15.4. The van der Waals surface area contributed by atoms with Crippen LogP contribution in [0.3, 0.4) is 0 Å². The quantitative estimate of drug-likeness (QED) is 0.770. The van der Waals surface area contributed by atoms with Crippen molar-refractivity contribution in [1.29, 1.82) is 0 Å². The molecule has 1 aliphatic carbocycles. The van der Waals surface area contributed by atoms with E-state index in [9.17, 15) is 8.78 Å². The Labute approximate surface area is 95.8 Å². The molecule has 0 bridgehead atoms. The van der Waals surface area contributed by atoms with Crippen molar-refractivity contribution in [3.8, 4) is 10.6 Å². The molecule has 0 radical (unpaired) electrons. The highest BCUT2D eigenvalue weighted by molar-refractivity contribution is 7.13. The summed E-state index contributed by atoms with van der Waals surface area (Å²) >= 11 is 1.49. The van der Waals surface area contributed by atoms with E-state index in [0.717, 1.165) is 16.8 Å². The van der Waals surface area contributed by atoms with Crippen LogP contribution in [0.15, 0.2) is 23.6 Å². The summed E-state index contributed by atoms with van der Waals surface area (Å²) in [5, 5.41) is 2.77. The Hall–Kier alpha value is -1.29. The zero-order valence-electron chi connectivity index (χ0n) is 8.41. The molecule has 0 unspecified atom stereocenters. The van der Waals surface area contributed by atoms with Crippen LogP contribution in [0.5, 0.6) is 0 Å². The van der Waals surface area contributed by atoms with E-state index in [1.807, 2.05) is 5.38 Å². The van der Waals surface area contributed by atoms with Gasteiger partial charge in [0.2, 0.25) is 0 Å². The highest BCUT2D eigenvalue weighted by Crippen LogP contribution is 2.41. The summed E-state index contributed by atoms with van der Waals surface area (Å²) in [4.78, 5) is 4.44. The van der Waals surface area contributed by atoms with E-state index >= 15 is 0 Å². The molecule has 1 heterocycles. The largest absolute Gasteiger partial charge is 0.241 e. The van der Waals surface area contributed by atoms with E-state index in [0.29, 0.717) is 11.5 Å². The van der Waals surface area contributed by atoms with Crippen molar-refractivity contribution < 1.29 is 8.78 Å². The van der Waals surface area contributed by atoms with Crippen LogP contribution in [0.1, 0.15) is 24.5 Å². The Morgan fingerprint density at radius 3 is 2.69 bits per heavy atom. The molecular weight excluding hydrogens is 228 g/mol. The number of nitrogens with zero attached hydrogens (tertiary/aromatic N) is 1. The molecule has 16 heavy (non-hydrogen) atoms. The molecule has 0 saturated heterocycles. The standard InChI is InChI=1S/C12H9F2NS/c13-9-4-3-8(5-10(9)14)12-15-11(6-16-12)7-1-2-7/h3-7H,1-2H2. The third-order valence-electron chi connectivity index (χ3n) is 2.68. The maximum Gasteiger partial charge on any atom is 0.159 e. The molecule has 1 aromatic heterocycles. The summed E-state index contributed by atoms with van der Waals surface area (Å²) in [6.45, 7) is 0. The first-order chi connectivity index (χ1) is 7.74. The molecule has 0 aliphatic heterocycles. The molecule has 1 aromatic carbocycles. The third-order valence-corrected chi connectivity index (χ3v) is 3.59. The molecule has 0 atom stereocenters. The molecule has 3 rings (SSSR count). The average molecular weight is 237 g/mol. The zero-order valence-corrected chi connectivity index (χ0v) is 9.23. The lowest BCUT2D eigenvalue weighted by Crippen LogP contribution is -1.85. The fraction of sp³-hybridized carbons (Fsp3) is 0.250. The smallest absolute Gasteiger partial charge is 0.159 e. The Morgan fingerprint density at radius 1 is 1.19 bits per heavy atom. The molecule has 2 aromatic rings. The van der Waals surface area contributed by atoms with Crippen molar-refractivity contribution in [2.24, 2.45) is 0 Å². The summed E-state index contributed by atoms with van der Waals surface area (Å²) in [7, 11) is 0. The van der Waals surface area contributed by atoms with Crippen LogP contribution in [0.25, 0.3) is 10.6 Å². The zero-order chi connectivity index (χ0) is 11.1. The molecule has 1 fully saturated rings. The van der Waals surface area contributed by atoms with Crippen LogP contribution in [0.4, 0.5) is 8.78 Å². The summed E-state index contributed by atoms with van der Waals surface area (Å²) in [5.74, 6) is -1.04. The predicted octanol–water partition coefficient (Wildman–Crippen LogP) is 3.97. The molecule has 0 amide bonds. The van der Waals surface area contributed by atoms with Crippen molar-refractivity contribution in [2.45, 2.75) is 18.8 Å². The van der Waals surface area contributed by atoms with Crippen LogP contribution in [0.2, 0.25) is 0 Å². The van der Waals surface area contributed by atoms with Crippen LogP contribution in [0, 0.1) is 11.6 Å². The monoisotopic (exact) mass is 237 g/mol. The second-order valence-electron chi connectivity index (χ2n) is 3.98. The van der Waals surface area contributed by atoms with Gasteiger partial charge in [-0.1, -0.05) is 0 Å². The van der Waals surface area contributed by atoms with Gasteiger partial charge in [0.05, 0.1) is 5.69 Å². The van der Waals surface area contributed by atoms with Gasteiger partial charge >= 0.3 is 0 Å². The Balaban J connectivity index is 1.97. The first-order valence-electron chi connectivity index (χ1n) is 5.15. The summed E-state index contributed by atoms with van der Waals surface area (Å²) in [6.07, 6.45) is 2.39. The fourth-order valence-corrected chi connectivity index (χ4v) is 2.51. The molecule has 82 valence electrons. The predicted molar refractivity (Wildman–Crippen MR) is 59.4 cm³/mol. The van der Waals surface area contributed by atoms with E-state index in [4.69, 9.17) is 0 Å². The van der Waals surface area contributed by atoms with Crippen LogP contribution < -0.4 is 0 Å². The molecule has 0 N–H and O–H groups in total. The van der Waals surface area contributed by atoms with Gasteiger partial charge in [-0.2, -0.15) is 0 Å². The maximum absolute atomic E-state index is 13.0. The van der Waals surface area contributed by atoms with Crippen molar-refractivity contribution in [1.82, 2.24) is 4.98 Å². The number of thiazole rings is 1. The number of hydrogen-bond acceptors (Lipinski definition) is 2. The van der Waals surface area contributed by atoms with Gasteiger partial charge in [-0.3, -0.25) is 0 Å². The molecule has 1 nitrogen and oxygen atoms in total. The Kier molecular flexibility index (Phi) is 2.24. The maximum atomic E-state index is 13.0. The summed E-state index contributed by atoms with van der Waals surface area (Å²) < 4.78 is 25.8. The minimum absolute atomic E-state index is 0.593.